The van der Waals surface area contributed by atoms with E-state index in [1.54, 1.807) is 0 Å². The minimum absolute atomic E-state index is 0.0564. The van der Waals surface area contributed by atoms with Crippen LogP contribution in [0.25, 0.3) is 0 Å². The molecule has 0 unspecified atom stereocenters. The number of carbonyl (C=O) groups excluding carboxylic acids is 1. The standard InChI is InChI=1S/C18H30N4O3/c1-5-14(6-2)22-12(4)8-16(20-22)18(25)19-13-9-15(10-13)21(7-3)11-17(23)24/h8,13-15H,5-7,9-11H2,1-4H3,(H,19,25)(H,23,24). The van der Waals surface area contributed by atoms with Crippen LogP contribution in [0.4, 0.5) is 0 Å². The lowest BCUT2D eigenvalue weighted by atomic mass is 9.85. The van der Waals surface area contributed by atoms with Crippen molar-refractivity contribution in [3.05, 3.63) is 17.5 Å². The fraction of sp³-hybridized carbons (Fsp3) is 0.722. The molecule has 140 valence electrons. The predicted molar refractivity (Wildman–Crippen MR) is 95.7 cm³/mol. The number of carboxylic acids is 1. The number of carboxylic acid groups (broad SMARTS) is 1. The van der Waals surface area contributed by atoms with E-state index in [-0.39, 0.29) is 24.5 Å². The molecule has 1 heterocycles. The van der Waals surface area contributed by atoms with Gasteiger partial charge in [-0.2, -0.15) is 5.10 Å². The lowest BCUT2D eigenvalue weighted by molar-refractivity contribution is -0.139. The SMILES string of the molecule is CCC(CC)n1nc(C(=O)NC2CC(N(CC)CC(=O)O)C2)cc1C. The summed E-state index contributed by atoms with van der Waals surface area (Å²) in [6.45, 7) is 8.95. The van der Waals surface area contributed by atoms with Gasteiger partial charge >= 0.3 is 5.97 Å². The number of amides is 1. The molecule has 0 saturated heterocycles. The van der Waals surface area contributed by atoms with Crippen molar-refractivity contribution >= 4 is 11.9 Å². The first kappa shape index (κ1) is 19.4. The molecule has 1 amide bonds. The molecule has 0 atom stereocenters. The van der Waals surface area contributed by atoms with Crippen molar-refractivity contribution in [2.24, 2.45) is 0 Å². The maximum atomic E-state index is 12.4. The maximum absolute atomic E-state index is 12.4. The van der Waals surface area contributed by atoms with E-state index in [1.807, 2.05) is 29.5 Å². The summed E-state index contributed by atoms with van der Waals surface area (Å²) >= 11 is 0. The molecule has 7 nitrogen and oxygen atoms in total. The van der Waals surface area contributed by atoms with Crippen LogP contribution in [-0.2, 0) is 4.79 Å². The van der Waals surface area contributed by atoms with Gasteiger partial charge < -0.3 is 10.4 Å². The zero-order valence-corrected chi connectivity index (χ0v) is 15.7. The first-order valence-corrected chi connectivity index (χ1v) is 9.22. The van der Waals surface area contributed by atoms with Crippen molar-refractivity contribution in [2.75, 3.05) is 13.1 Å². The molecule has 1 aliphatic rings. The zero-order chi connectivity index (χ0) is 18.6. The van der Waals surface area contributed by atoms with Crippen molar-refractivity contribution in [3.63, 3.8) is 0 Å². The van der Waals surface area contributed by atoms with E-state index in [2.05, 4.69) is 24.3 Å². The number of hydrogen-bond acceptors (Lipinski definition) is 4. The van der Waals surface area contributed by atoms with E-state index in [1.165, 1.54) is 0 Å². The van der Waals surface area contributed by atoms with Gasteiger partial charge in [-0.3, -0.25) is 19.2 Å². The normalized spacial score (nSPS) is 19.9. The van der Waals surface area contributed by atoms with Gasteiger partial charge in [-0.15, -0.1) is 0 Å². The van der Waals surface area contributed by atoms with Crippen LogP contribution in [0.5, 0.6) is 0 Å². The number of rotatable bonds is 9. The highest BCUT2D eigenvalue weighted by atomic mass is 16.4. The van der Waals surface area contributed by atoms with Gasteiger partial charge in [-0.1, -0.05) is 20.8 Å². The molecular formula is C18H30N4O3. The van der Waals surface area contributed by atoms with Crippen molar-refractivity contribution < 1.29 is 14.7 Å². The maximum Gasteiger partial charge on any atom is 0.317 e. The number of likely N-dealkylation sites (N-methyl/N-ethyl adjacent to an activating group) is 1. The Hall–Kier alpha value is -1.89. The van der Waals surface area contributed by atoms with Crippen LogP contribution >= 0.6 is 0 Å². The number of nitrogens with zero attached hydrogens (tertiary/aromatic N) is 3. The highest BCUT2D eigenvalue weighted by Gasteiger charge is 2.35. The predicted octanol–water partition coefficient (Wildman–Crippen LogP) is 2.22. The smallest absolute Gasteiger partial charge is 0.317 e. The molecular weight excluding hydrogens is 320 g/mol. The second-order valence-electron chi connectivity index (χ2n) is 6.84. The number of aromatic nitrogens is 2. The topological polar surface area (TPSA) is 87.5 Å². The third-order valence-corrected chi connectivity index (χ3v) is 5.15. The molecule has 0 aliphatic heterocycles. The molecule has 2 N–H and O–H groups in total. The van der Waals surface area contributed by atoms with Crippen LogP contribution in [0.3, 0.4) is 0 Å². The summed E-state index contributed by atoms with van der Waals surface area (Å²) in [5, 5.41) is 16.4. The second-order valence-corrected chi connectivity index (χ2v) is 6.84. The van der Waals surface area contributed by atoms with Gasteiger partial charge in [0.15, 0.2) is 0 Å². The Balaban J connectivity index is 1.90. The molecule has 0 bridgehead atoms. The van der Waals surface area contributed by atoms with Gasteiger partial charge in [0.1, 0.15) is 5.69 Å². The van der Waals surface area contributed by atoms with Crippen molar-refractivity contribution in [1.82, 2.24) is 20.0 Å². The lowest BCUT2D eigenvalue weighted by Crippen LogP contribution is -2.54. The van der Waals surface area contributed by atoms with E-state index in [0.717, 1.165) is 31.4 Å². The quantitative estimate of drug-likeness (QED) is 0.713. The molecule has 1 aliphatic carbocycles. The second kappa shape index (κ2) is 8.47. The highest BCUT2D eigenvalue weighted by molar-refractivity contribution is 5.92. The molecule has 2 rings (SSSR count). The zero-order valence-electron chi connectivity index (χ0n) is 15.7. The number of aryl methyl sites for hydroxylation is 1. The Morgan fingerprint density at radius 3 is 2.52 bits per heavy atom. The number of nitrogens with one attached hydrogen (secondary N) is 1. The van der Waals surface area contributed by atoms with Crippen molar-refractivity contribution in [2.45, 2.75) is 71.5 Å². The average Bonchev–Trinajstić information content (AvgIpc) is 2.91. The Kier molecular flexibility index (Phi) is 6.58. The van der Waals surface area contributed by atoms with Gasteiger partial charge in [0.05, 0.1) is 12.6 Å². The average molecular weight is 350 g/mol. The molecule has 25 heavy (non-hydrogen) atoms. The molecule has 1 aromatic rings. The summed E-state index contributed by atoms with van der Waals surface area (Å²) in [4.78, 5) is 25.3. The van der Waals surface area contributed by atoms with Crippen LogP contribution in [0.15, 0.2) is 6.07 Å². The van der Waals surface area contributed by atoms with Crippen molar-refractivity contribution in [1.29, 1.82) is 0 Å². The summed E-state index contributed by atoms with van der Waals surface area (Å²) in [6.07, 6.45) is 3.56. The summed E-state index contributed by atoms with van der Waals surface area (Å²) < 4.78 is 1.95. The lowest BCUT2D eigenvalue weighted by Gasteiger charge is -2.42. The third-order valence-electron chi connectivity index (χ3n) is 5.15. The molecule has 1 saturated carbocycles. The monoisotopic (exact) mass is 350 g/mol. The van der Waals surface area contributed by atoms with E-state index in [9.17, 15) is 9.59 Å². The fourth-order valence-corrected chi connectivity index (χ4v) is 3.54. The van der Waals surface area contributed by atoms with Crippen LogP contribution < -0.4 is 5.32 Å². The first-order valence-electron chi connectivity index (χ1n) is 9.22. The summed E-state index contributed by atoms with van der Waals surface area (Å²) in [6, 6.07) is 2.49. The number of aliphatic carboxylic acids is 1. The minimum atomic E-state index is -0.809. The van der Waals surface area contributed by atoms with Gasteiger partial charge in [0.2, 0.25) is 0 Å². The molecule has 0 spiro atoms. The van der Waals surface area contributed by atoms with E-state index in [4.69, 9.17) is 5.11 Å². The van der Waals surface area contributed by atoms with Crippen LogP contribution in [0, 0.1) is 6.92 Å². The number of hydrogen-bond donors (Lipinski definition) is 2. The Labute approximate surface area is 149 Å². The summed E-state index contributed by atoms with van der Waals surface area (Å²) in [5.41, 5.74) is 1.47. The highest BCUT2D eigenvalue weighted by Crippen LogP contribution is 2.26. The third kappa shape index (κ3) is 4.60. The first-order chi connectivity index (χ1) is 11.9. The summed E-state index contributed by atoms with van der Waals surface area (Å²) in [5.74, 6) is -0.950. The molecule has 7 heteroatoms. The van der Waals surface area contributed by atoms with Crippen molar-refractivity contribution in [3.8, 4) is 0 Å². The molecule has 0 radical (unpaired) electrons. The van der Waals surface area contributed by atoms with E-state index >= 15 is 0 Å². The van der Waals surface area contributed by atoms with Gasteiger partial charge in [-0.05, 0) is 45.2 Å². The Morgan fingerprint density at radius 2 is 2.00 bits per heavy atom. The molecule has 1 fully saturated rings. The largest absolute Gasteiger partial charge is 0.480 e. The van der Waals surface area contributed by atoms with Gasteiger partial charge in [0.25, 0.3) is 5.91 Å². The molecule has 1 aromatic heterocycles. The summed E-state index contributed by atoms with van der Waals surface area (Å²) in [7, 11) is 0. The van der Waals surface area contributed by atoms with Crippen LogP contribution in [0.1, 0.15) is 68.7 Å². The molecule has 0 aromatic carbocycles. The van der Waals surface area contributed by atoms with E-state index in [0.29, 0.717) is 18.3 Å². The minimum Gasteiger partial charge on any atom is -0.480 e. The van der Waals surface area contributed by atoms with Gasteiger partial charge in [0, 0.05) is 17.8 Å². The van der Waals surface area contributed by atoms with Gasteiger partial charge in [-0.25, -0.2) is 0 Å². The Morgan fingerprint density at radius 1 is 1.36 bits per heavy atom. The van der Waals surface area contributed by atoms with Crippen LogP contribution in [-0.4, -0.2) is 56.8 Å². The Bertz CT molecular complexity index is 603. The fourth-order valence-electron chi connectivity index (χ4n) is 3.54. The van der Waals surface area contributed by atoms with Crippen LogP contribution in [0.2, 0.25) is 0 Å². The van der Waals surface area contributed by atoms with E-state index < -0.39 is 5.97 Å². The number of carbonyl (C=O) groups is 2.